The molecule has 0 N–H and O–H groups in total. The number of hydrogen-bond acceptors (Lipinski definition) is 6. The number of aromatic nitrogens is 1. The normalized spacial score (nSPS) is 15.4. The summed E-state index contributed by atoms with van der Waals surface area (Å²) in [6.07, 6.45) is 0. The first-order chi connectivity index (χ1) is 14.4. The Morgan fingerprint density at radius 1 is 1.13 bits per heavy atom. The summed E-state index contributed by atoms with van der Waals surface area (Å²) in [5.41, 5.74) is 0.126. The van der Waals surface area contributed by atoms with Gasteiger partial charge in [0.15, 0.2) is 5.60 Å². The Morgan fingerprint density at radius 3 is 2.53 bits per heavy atom. The highest BCUT2D eigenvalue weighted by molar-refractivity contribution is 7.14. The van der Waals surface area contributed by atoms with Crippen molar-refractivity contribution in [2.45, 2.75) is 26.0 Å². The highest BCUT2D eigenvalue weighted by Crippen LogP contribution is 2.27. The Balaban J connectivity index is 1.30. The third kappa shape index (κ3) is 5.03. The zero-order valence-corrected chi connectivity index (χ0v) is 19.4. The lowest BCUT2D eigenvalue weighted by Crippen LogP contribution is -2.55. The van der Waals surface area contributed by atoms with Crippen LogP contribution in [0.25, 0.3) is 10.6 Å². The molecule has 5 nitrogen and oxygen atoms in total. The first-order valence-electron chi connectivity index (χ1n) is 9.85. The Hall–Kier alpha value is -1.93. The van der Waals surface area contributed by atoms with E-state index in [1.807, 2.05) is 24.8 Å². The number of rotatable bonds is 6. The molecule has 1 saturated heterocycles. The van der Waals surface area contributed by atoms with Gasteiger partial charge in [-0.2, -0.15) is 0 Å². The van der Waals surface area contributed by atoms with E-state index in [1.54, 1.807) is 46.9 Å². The lowest BCUT2D eigenvalue weighted by atomic mass is 10.1. The molecule has 0 aliphatic carbocycles. The summed E-state index contributed by atoms with van der Waals surface area (Å²) < 4.78 is 5.96. The predicted molar refractivity (Wildman–Crippen MR) is 123 cm³/mol. The lowest BCUT2D eigenvalue weighted by Gasteiger charge is -2.38. The molecule has 1 aliphatic heterocycles. The van der Waals surface area contributed by atoms with Gasteiger partial charge in [-0.15, -0.1) is 22.7 Å². The average molecular weight is 462 g/mol. The van der Waals surface area contributed by atoms with E-state index in [0.29, 0.717) is 23.9 Å². The van der Waals surface area contributed by atoms with Gasteiger partial charge in [-0.05, 0) is 49.6 Å². The summed E-state index contributed by atoms with van der Waals surface area (Å²) in [5.74, 6) is 0.646. The molecule has 1 aliphatic rings. The van der Waals surface area contributed by atoms with Crippen LogP contribution in [0.4, 0.5) is 0 Å². The quantitative estimate of drug-likeness (QED) is 0.516. The van der Waals surface area contributed by atoms with Gasteiger partial charge >= 0.3 is 0 Å². The minimum atomic E-state index is -0.930. The van der Waals surface area contributed by atoms with Crippen molar-refractivity contribution in [1.29, 1.82) is 0 Å². The number of halogens is 1. The highest BCUT2D eigenvalue weighted by atomic mass is 35.5. The van der Waals surface area contributed by atoms with Gasteiger partial charge < -0.3 is 9.64 Å². The van der Waals surface area contributed by atoms with Crippen molar-refractivity contribution in [3.8, 4) is 16.3 Å². The van der Waals surface area contributed by atoms with Crippen LogP contribution >= 0.6 is 34.3 Å². The van der Waals surface area contributed by atoms with Crippen LogP contribution in [0.5, 0.6) is 5.75 Å². The first kappa shape index (κ1) is 21.3. The minimum absolute atomic E-state index is 0.00586. The van der Waals surface area contributed by atoms with Crippen molar-refractivity contribution in [1.82, 2.24) is 14.8 Å². The number of hydrogen-bond donors (Lipinski definition) is 0. The van der Waals surface area contributed by atoms with Gasteiger partial charge in [0.2, 0.25) is 0 Å². The largest absolute Gasteiger partial charge is 0.478 e. The molecule has 2 aromatic heterocycles. The maximum Gasteiger partial charge on any atom is 0.266 e. The highest BCUT2D eigenvalue weighted by Gasteiger charge is 2.35. The standard InChI is InChI=1S/C22H24ClN3O2S2/c1-22(2,28-17-7-5-16(23)6-8-17)21(27)26-11-9-25(10-12-26)14-20-24-18(15-30-20)19-4-3-13-29-19/h3-8,13,15H,9-12,14H2,1-2H3. The van der Waals surface area contributed by atoms with Gasteiger partial charge in [-0.25, -0.2) is 4.98 Å². The summed E-state index contributed by atoms with van der Waals surface area (Å²) in [4.78, 5) is 23.3. The van der Waals surface area contributed by atoms with Gasteiger partial charge in [0.05, 0.1) is 17.1 Å². The third-order valence-electron chi connectivity index (χ3n) is 5.05. The van der Waals surface area contributed by atoms with Crippen molar-refractivity contribution in [2.75, 3.05) is 26.2 Å². The number of carbonyl (C=O) groups is 1. The van der Waals surface area contributed by atoms with Crippen molar-refractivity contribution in [3.63, 3.8) is 0 Å². The maximum absolute atomic E-state index is 13.0. The van der Waals surface area contributed by atoms with Crippen LogP contribution < -0.4 is 4.74 Å². The molecule has 0 saturated carbocycles. The van der Waals surface area contributed by atoms with Crippen LogP contribution in [0, 0.1) is 0 Å². The SMILES string of the molecule is CC(C)(Oc1ccc(Cl)cc1)C(=O)N1CCN(Cc2nc(-c3cccs3)cs2)CC1. The molecule has 1 amide bonds. The van der Waals surface area contributed by atoms with Crippen LogP contribution in [-0.2, 0) is 11.3 Å². The number of thiophene rings is 1. The Labute approximate surface area is 189 Å². The molecule has 1 aromatic carbocycles. The summed E-state index contributed by atoms with van der Waals surface area (Å²) >= 11 is 9.34. The van der Waals surface area contributed by atoms with E-state index >= 15 is 0 Å². The number of amides is 1. The molecule has 158 valence electrons. The third-order valence-corrected chi connectivity index (χ3v) is 7.02. The molecule has 0 unspecified atom stereocenters. The van der Waals surface area contributed by atoms with E-state index < -0.39 is 5.60 Å². The van der Waals surface area contributed by atoms with Crippen LogP contribution in [0.3, 0.4) is 0 Å². The van der Waals surface area contributed by atoms with Crippen LogP contribution in [-0.4, -0.2) is 52.5 Å². The number of carbonyl (C=O) groups excluding carboxylic acids is 1. The van der Waals surface area contributed by atoms with Crippen LogP contribution in [0.2, 0.25) is 5.02 Å². The lowest BCUT2D eigenvalue weighted by molar-refractivity contribution is -0.147. The van der Waals surface area contributed by atoms with Gasteiger partial charge in [0.1, 0.15) is 10.8 Å². The number of ether oxygens (including phenoxy) is 1. The zero-order chi connectivity index (χ0) is 21.1. The molecule has 1 fully saturated rings. The summed E-state index contributed by atoms with van der Waals surface area (Å²) in [6.45, 7) is 7.50. The number of nitrogens with zero attached hydrogens (tertiary/aromatic N) is 3. The zero-order valence-electron chi connectivity index (χ0n) is 17.0. The first-order valence-corrected chi connectivity index (χ1v) is 12.0. The second-order valence-electron chi connectivity index (χ2n) is 7.74. The molecule has 0 bridgehead atoms. The second-order valence-corrected chi connectivity index (χ2v) is 10.1. The van der Waals surface area contributed by atoms with Crippen molar-refractivity contribution in [2.24, 2.45) is 0 Å². The van der Waals surface area contributed by atoms with Gasteiger partial charge in [-0.1, -0.05) is 17.7 Å². The Bertz CT molecular complexity index is 978. The van der Waals surface area contributed by atoms with E-state index in [1.165, 1.54) is 4.88 Å². The summed E-state index contributed by atoms with van der Waals surface area (Å²) in [6, 6.07) is 11.2. The molecule has 3 heterocycles. The van der Waals surface area contributed by atoms with E-state index in [0.717, 1.165) is 30.3 Å². The summed E-state index contributed by atoms with van der Waals surface area (Å²) in [7, 11) is 0. The maximum atomic E-state index is 13.0. The molecule has 0 spiro atoms. The monoisotopic (exact) mass is 461 g/mol. The molecule has 0 radical (unpaired) electrons. The second kappa shape index (κ2) is 9.06. The van der Waals surface area contributed by atoms with Crippen LogP contribution in [0.15, 0.2) is 47.2 Å². The molecular weight excluding hydrogens is 438 g/mol. The predicted octanol–water partition coefficient (Wildman–Crippen LogP) is 5.03. The van der Waals surface area contributed by atoms with E-state index in [-0.39, 0.29) is 5.91 Å². The number of thiazole rings is 1. The van der Waals surface area contributed by atoms with Gasteiger partial charge in [0, 0.05) is 36.6 Å². The number of piperazine rings is 1. The van der Waals surface area contributed by atoms with E-state index in [9.17, 15) is 4.79 Å². The van der Waals surface area contributed by atoms with Crippen molar-refractivity contribution < 1.29 is 9.53 Å². The van der Waals surface area contributed by atoms with E-state index in [4.69, 9.17) is 21.3 Å². The molecule has 0 atom stereocenters. The molecule has 30 heavy (non-hydrogen) atoms. The van der Waals surface area contributed by atoms with E-state index in [2.05, 4.69) is 21.7 Å². The fourth-order valence-corrected chi connectivity index (χ4v) is 5.17. The average Bonchev–Trinajstić information content (AvgIpc) is 3.41. The topological polar surface area (TPSA) is 45.7 Å². The smallest absolute Gasteiger partial charge is 0.266 e. The Morgan fingerprint density at radius 2 is 1.87 bits per heavy atom. The Kier molecular flexibility index (Phi) is 6.43. The van der Waals surface area contributed by atoms with Crippen molar-refractivity contribution in [3.05, 3.63) is 57.2 Å². The van der Waals surface area contributed by atoms with Crippen LogP contribution in [0.1, 0.15) is 18.9 Å². The molecular formula is C22H24ClN3O2S2. The fraction of sp³-hybridized carbons (Fsp3) is 0.364. The van der Waals surface area contributed by atoms with Crippen molar-refractivity contribution >= 4 is 40.2 Å². The minimum Gasteiger partial charge on any atom is -0.478 e. The van der Waals surface area contributed by atoms with Gasteiger partial charge in [0.25, 0.3) is 5.91 Å². The molecule has 4 rings (SSSR count). The number of benzene rings is 1. The summed E-state index contributed by atoms with van der Waals surface area (Å²) in [5, 5.41) is 5.95. The fourth-order valence-electron chi connectivity index (χ4n) is 3.44. The molecule has 3 aromatic rings. The van der Waals surface area contributed by atoms with Gasteiger partial charge in [-0.3, -0.25) is 9.69 Å². The molecule has 8 heteroatoms.